The molecule has 1 aliphatic heterocycles. The number of amides is 1. The first-order valence-corrected chi connectivity index (χ1v) is 5.94. The molecule has 0 saturated carbocycles. The molecule has 17 heavy (non-hydrogen) atoms. The van der Waals surface area contributed by atoms with E-state index in [1.165, 1.54) is 0 Å². The van der Waals surface area contributed by atoms with Crippen molar-refractivity contribution in [2.45, 2.75) is 19.3 Å². The van der Waals surface area contributed by atoms with Crippen molar-refractivity contribution in [2.24, 2.45) is 0 Å². The molecule has 0 spiro atoms. The van der Waals surface area contributed by atoms with Crippen molar-refractivity contribution in [1.29, 1.82) is 0 Å². The summed E-state index contributed by atoms with van der Waals surface area (Å²) >= 11 is 0. The number of hydrogen-bond acceptors (Lipinski definition) is 2. The molecule has 1 aromatic carbocycles. The number of nitrogens with zero attached hydrogens (tertiary/aromatic N) is 1. The molecule has 1 heterocycles. The molecule has 0 atom stereocenters. The van der Waals surface area contributed by atoms with Gasteiger partial charge in [-0.15, -0.1) is 6.58 Å². The normalized spacial score (nSPS) is 14.9. The lowest BCUT2D eigenvalue weighted by Gasteiger charge is -2.15. The second kappa shape index (κ2) is 5.04. The average Bonchev–Trinajstić information content (AvgIpc) is 2.85. The van der Waals surface area contributed by atoms with Crippen LogP contribution < -0.4 is 0 Å². The SMILES string of the molecule is C=CCc1cc(C(=O)N2CCCC2)ccc1O. The number of carbonyl (C=O) groups excluding carboxylic acids is 1. The quantitative estimate of drug-likeness (QED) is 0.811. The van der Waals surface area contributed by atoms with Crippen LogP contribution in [0.1, 0.15) is 28.8 Å². The first kappa shape index (κ1) is 11.7. The Balaban J connectivity index is 2.22. The fourth-order valence-corrected chi connectivity index (χ4v) is 2.14. The highest BCUT2D eigenvalue weighted by Gasteiger charge is 2.19. The minimum absolute atomic E-state index is 0.0628. The number of allylic oxidation sites excluding steroid dienone is 1. The molecule has 0 radical (unpaired) electrons. The number of phenolic OH excluding ortho intramolecular Hbond substituents is 1. The second-order valence-corrected chi connectivity index (χ2v) is 4.34. The molecule has 3 nitrogen and oxygen atoms in total. The Kier molecular flexibility index (Phi) is 3.47. The second-order valence-electron chi connectivity index (χ2n) is 4.34. The molecule has 1 aromatic rings. The van der Waals surface area contributed by atoms with Gasteiger partial charge in [0.05, 0.1) is 0 Å². The smallest absolute Gasteiger partial charge is 0.253 e. The number of rotatable bonds is 3. The predicted molar refractivity (Wildman–Crippen MR) is 67.1 cm³/mol. The minimum atomic E-state index is 0.0628. The lowest BCUT2D eigenvalue weighted by Crippen LogP contribution is -2.27. The Labute approximate surface area is 101 Å². The predicted octanol–water partition coefficient (Wildman–Crippen LogP) is 2.36. The van der Waals surface area contributed by atoms with E-state index in [1.807, 2.05) is 4.90 Å². The van der Waals surface area contributed by atoms with Crippen LogP contribution in [0.5, 0.6) is 5.75 Å². The van der Waals surface area contributed by atoms with Gasteiger partial charge >= 0.3 is 0 Å². The number of likely N-dealkylation sites (tertiary alicyclic amines) is 1. The number of hydrogen-bond donors (Lipinski definition) is 1. The Morgan fingerprint density at radius 1 is 1.41 bits per heavy atom. The maximum absolute atomic E-state index is 12.1. The molecule has 1 saturated heterocycles. The number of aromatic hydroxyl groups is 1. The molecule has 1 amide bonds. The van der Waals surface area contributed by atoms with Gasteiger partial charge in [0.2, 0.25) is 0 Å². The Morgan fingerprint density at radius 2 is 2.12 bits per heavy atom. The van der Waals surface area contributed by atoms with Gasteiger partial charge in [-0.25, -0.2) is 0 Å². The first-order valence-electron chi connectivity index (χ1n) is 5.94. The van der Waals surface area contributed by atoms with Crippen LogP contribution in [0.2, 0.25) is 0 Å². The molecule has 1 N–H and O–H groups in total. The fraction of sp³-hybridized carbons (Fsp3) is 0.357. The Bertz CT molecular complexity index is 434. The summed E-state index contributed by atoms with van der Waals surface area (Å²) in [6, 6.07) is 5.03. The third-order valence-corrected chi connectivity index (χ3v) is 3.08. The maximum Gasteiger partial charge on any atom is 0.253 e. The zero-order chi connectivity index (χ0) is 12.3. The van der Waals surface area contributed by atoms with Crippen LogP contribution in [-0.4, -0.2) is 29.0 Å². The van der Waals surface area contributed by atoms with E-state index in [0.717, 1.165) is 31.5 Å². The van der Waals surface area contributed by atoms with Crippen LogP contribution >= 0.6 is 0 Å². The zero-order valence-electron chi connectivity index (χ0n) is 9.85. The van der Waals surface area contributed by atoms with E-state index in [1.54, 1.807) is 24.3 Å². The van der Waals surface area contributed by atoms with Crippen LogP contribution in [0.4, 0.5) is 0 Å². The van der Waals surface area contributed by atoms with Gasteiger partial charge in [0, 0.05) is 18.7 Å². The van der Waals surface area contributed by atoms with Gasteiger partial charge in [-0.05, 0) is 43.0 Å². The van der Waals surface area contributed by atoms with Gasteiger partial charge in [0.1, 0.15) is 5.75 Å². The third-order valence-electron chi connectivity index (χ3n) is 3.08. The van der Waals surface area contributed by atoms with E-state index in [-0.39, 0.29) is 11.7 Å². The summed E-state index contributed by atoms with van der Waals surface area (Å²) in [5.41, 5.74) is 1.41. The number of phenols is 1. The molecule has 90 valence electrons. The summed E-state index contributed by atoms with van der Waals surface area (Å²) in [5, 5.41) is 9.64. The van der Waals surface area contributed by atoms with E-state index in [4.69, 9.17) is 0 Å². The molecule has 0 aliphatic carbocycles. The van der Waals surface area contributed by atoms with Gasteiger partial charge in [0.25, 0.3) is 5.91 Å². The Morgan fingerprint density at radius 3 is 2.76 bits per heavy atom. The Hall–Kier alpha value is -1.77. The van der Waals surface area contributed by atoms with Gasteiger partial charge in [-0.3, -0.25) is 4.79 Å². The van der Waals surface area contributed by atoms with Crippen molar-refractivity contribution < 1.29 is 9.90 Å². The van der Waals surface area contributed by atoms with Crippen molar-refractivity contribution in [1.82, 2.24) is 4.90 Å². The highest BCUT2D eigenvalue weighted by Crippen LogP contribution is 2.21. The largest absolute Gasteiger partial charge is 0.508 e. The van der Waals surface area contributed by atoms with Gasteiger partial charge < -0.3 is 10.0 Å². The van der Waals surface area contributed by atoms with E-state index in [2.05, 4.69) is 6.58 Å². The standard InChI is InChI=1S/C14H17NO2/c1-2-5-11-10-12(6-7-13(11)16)14(17)15-8-3-4-9-15/h2,6-7,10,16H,1,3-5,8-9H2. The van der Waals surface area contributed by atoms with Crippen LogP contribution in [0.3, 0.4) is 0 Å². The zero-order valence-corrected chi connectivity index (χ0v) is 9.85. The lowest BCUT2D eigenvalue weighted by atomic mass is 10.1. The van der Waals surface area contributed by atoms with Crippen LogP contribution in [0.25, 0.3) is 0 Å². The molecule has 3 heteroatoms. The third kappa shape index (κ3) is 2.49. The molecule has 1 fully saturated rings. The topological polar surface area (TPSA) is 40.5 Å². The molecule has 0 bridgehead atoms. The highest BCUT2D eigenvalue weighted by atomic mass is 16.3. The monoisotopic (exact) mass is 231 g/mol. The molecule has 0 aromatic heterocycles. The molecule has 2 rings (SSSR count). The number of carbonyl (C=O) groups is 1. The van der Waals surface area contributed by atoms with Crippen molar-refractivity contribution in [3.05, 3.63) is 42.0 Å². The van der Waals surface area contributed by atoms with Crippen LogP contribution in [-0.2, 0) is 6.42 Å². The summed E-state index contributed by atoms with van der Waals surface area (Å²) in [5.74, 6) is 0.288. The summed E-state index contributed by atoms with van der Waals surface area (Å²) in [7, 11) is 0. The van der Waals surface area contributed by atoms with Crippen molar-refractivity contribution in [3.8, 4) is 5.75 Å². The fourth-order valence-electron chi connectivity index (χ4n) is 2.14. The molecular formula is C14H17NO2. The summed E-state index contributed by atoms with van der Waals surface area (Å²) < 4.78 is 0. The summed E-state index contributed by atoms with van der Waals surface area (Å²) in [6.45, 7) is 5.33. The lowest BCUT2D eigenvalue weighted by molar-refractivity contribution is 0.0792. The van der Waals surface area contributed by atoms with Gasteiger partial charge in [-0.1, -0.05) is 6.08 Å². The first-order chi connectivity index (χ1) is 8.22. The van der Waals surface area contributed by atoms with Crippen molar-refractivity contribution >= 4 is 5.91 Å². The van der Waals surface area contributed by atoms with Gasteiger partial charge in [-0.2, -0.15) is 0 Å². The highest BCUT2D eigenvalue weighted by molar-refractivity contribution is 5.94. The van der Waals surface area contributed by atoms with E-state index in [0.29, 0.717) is 12.0 Å². The van der Waals surface area contributed by atoms with Gasteiger partial charge in [0.15, 0.2) is 0 Å². The number of benzene rings is 1. The van der Waals surface area contributed by atoms with Crippen LogP contribution in [0, 0.1) is 0 Å². The van der Waals surface area contributed by atoms with Crippen LogP contribution in [0.15, 0.2) is 30.9 Å². The van der Waals surface area contributed by atoms with E-state index < -0.39 is 0 Å². The van der Waals surface area contributed by atoms with E-state index >= 15 is 0 Å². The minimum Gasteiger partial charge on any atom is -0.508 e. The van der Waals surface area contributed by atoms with Crippen molar-refractivity contribution in [3.63, 3.8) is 0 Å². The molecule has 1 aliphatic rings. The van der Waals surface area contributed by atoms with E-state index in [9.17, 15) is 9.90 Å². The molecular weight excluding hydrogens is 214 g/mol. The summed E-state index contributed by atoms with van der Waals surface area (Å²) in [6.07, 6.45) is 4.47. The summed E-state index contributed by atoms with van der Waals surface area (Å²) in [4.78, 5) is 14.0. The van der Waals surface area contributed by atoms with Crippen molar-refractivity contribution in [2.75, 3.05) is 13.1 Å². The maximum atomic E-state index is 12.1. The molecule has 0 unspecified atom stereocenters. The average molecular weight is 231 g/mol.